The highest BCUT2D eigenvalue weighted by Crippen LogP contribution is 2.19. The van der Waals surface area contributed by atoms with Crippen molar-refractivity contribution in [1.82, 2.24) is 26.2 Å². The lowest BCUT2D eigenvalue weighted by atomic mass is 10.0. The minimum Gasteiger partial charge on any atom is -0.508 e. The van der Waals surface area contributed by atoms with Crippen molar-refractivity contribution in [3.05, 3.63) is 29.8 Å². The number of aromatic hydroxyl groups is 1. The number of phenolic OH excluding ortho intramolecular Hbond substituents is 1. The van der Waals surface area contributed by atoms with Crippen molar-refractivity contribution in [2.24, 2.45) is 5.92 Å². The normalized spacial score (nSPS) is 26.3. The standard InChI is InChI=1S/C25H35N5O6/c1-14(2)11-18-23(34)27-15(3)22(33)26-13-21(32)30-10-4-5-20(30)25(36)29-19(24(35)28-18)12-16-6-8-17(31)9-7-16/h6-9,14-15,18-20,31H,4-5,10-13H2,1-3H3,(H,26,33)(H,27,34)(H,28,35)(H,29,36)/t15-,18-,19-,20-/m0/s1. The zero-order valence-corrected chi connectivity index (χ0v) is 20.9. The molecule has 2 aliphatic rings. The summed E-state index contributed by atoms with van der Waals surface area (Å²) in [5.41, 5.74) is 0.693. The molecule has 2 saturated heterocycles. The lowest BCUT2D eigenvalue weighted by Crippen LogP contribution is -2.57. The Morgan fingerprint density at radius 2 is 1.56 bits per heavy atom. The number of fused-ring (bicyclic) bond motifs is 1. The Morgan fingerprint density at radius 1 is 0.917 bits per heavy atom. The van der Waals surface area contributed by atoms with E-state index in [0.717, 1.165) is 0 Å². The van der Waals surface area contributed by atoms with Gasteiger partial charge in [-0.25, -0.2) is 0 Å². The molecule has 11 nitrogen and oxygen atoms in total. The molecule has 5 N–H and O–H groups in total. The molecule has 0 aliphatic carbocycles. The molecule has 36 heavy (non-hydrogen) atoms. The van der Waals surface area contributed by atoms with Gasteiger partial charge in [0, 0.05) is 13.0 Å². The van der Waals surface area contributed by atoms with Gasteiger partial charge >= 0.3 is 0 Å². The molecule has 5 amide bonds. The first-order valence-corrected chi connectivity index (χ1v) is 12.3. The minimum absolute atomic E-state index is 0.0575. The molecular weight excluding hydrogens is 466 g/mol. The Bertz CT molecular complexity index is 995. The first-order valence-electron chi connectivity index (χ1n) is 12.3. The highest BCUT2D eigenvalue weighted by atomic mass is 16.3. The molecule has 196 valence electrons. The van der Waals surface area contributed by atoms with E-state index in [9.17, 15) is 29.1 Å². The summed E-state index contributed by atoms with van der Waals surface area (Å²) in [6, 6.07) is 2.62. The average Bonchev–Trinajstić information content (AvgIpc) is 3.32. The number of benzene rings is 1. The van der Waals surface area contributed by atoms with Crippen LogP contribution in [-0.4, -0.2) is 76.8 Å². The molecular formula is C25H35N5O6. The number of carbonyl (C=O) groups is 5. The third kappa shape index (κ3) is 6.96. The predicted molar refractivity (Wildman–Crippen MR) is 130 cm³/mol. The molecule has 2 heterocycles. The largest absolute Gasteiger partial charge is 0.508 e. The first kappa shape index (κ1) is 27.0. The van der Waals surface area contributed by atoms with Gasteiger partial charge in [0.25, 0.3) is 0 Å². The Hall–Kier alpha value is -3.63. The van der Waals surface area contributed by atoms with Gasteiger partial charge in [-0.05, 0) is 49.8 Å². The molecule has 0 spiro atoms. The van der Waals surface area contributed by atoms with Crippen molar-refractivity contribution < 1.29 is 29.1 Å². The van der Waals surface area contributed by atoms with E-state index < -0.39 is 53.7 Å². The van der Waals surface area contributed by atoms with Gasteiger partial charge in [-0.15, -0.1) is 0 Å². The fourth-order valence-electron chi connectivity index (χ4n) is 4.45. The van der Waals surface area contributed by atoms with Gasteiger partial charge in [-0.1, -0.05) is 26.0 Å². The summed E-state index contributed by atoms with van der Waals surface area (Å²) >= 11 is 0. The van der Waals surface area contributed by atoms with Crippen molar-refractivity contribution >= 4 is 29.5 Å². The number of rotatable bonds is 4. The molecule has 0 bridgehead atoms. The van der Waals surface area contributed by atoms with Crippen LogP contribution in [0.4, 0.5) is 0 Å². The molecule has 2 fully saturated rings. The van der Waals surface area contributed by atoms with Crippen molar-refractivity contribution in [3.63, 3.8) is 0 Å². The second kappa shape index (κ2) is 11.9. The van der Waals surface area contributed by atoms with Gasteiger partial charge in [-0.3, -0.25) is 24.0 Å². The highest BCUT2D eigenvalue weighted by Gasteiger charge is 2.37. The molecule has 3 rings (SSSR count). The van der Waals surface area contributed by atoms with Crippen LogP contribution in [0.5, 0.6) is 5.75 Å². The Morgan fingerprint density at radius 3 is 2.22 bits per heavy atom. The lowest BCUT2D eigenvalue weighted by Gasteiger charge is -2.27. The van der Waals surface area contributed by atoms with Crippen LogP contribution in [0.2, 0.25) is 0 Å². The summed E-state index contributed by atoms with van der Waals surface area (Å²) in [7, 11) is 0. The predicted octanol–water partition coefficient (Wildman–Crippen LogP) is -0.424. The van der Waals surface area contributed by atoms with Crippen LogP contribution < -0.4 is 21.3 Å². The number of phenols is 1. The third-order valence-electron chi connectivity index (χ3n) is 6.39. The van der Waals surface area contributed by atoms with E-state index >= 15 is 0 Å². The van der Waals surface area contributed by atoms with Crippen molar-refractivity contribution in [2.45, 2.75) is 70.6 Å². The summed E-state index contributed by atoms with van der Waals surface area (Å²) < 4.78 is 0. The van der Waals surface area contributed by atoms with E-state index in [1.54, 1.807) is 12.1 Å². The number of hydrogen-bond acceptors (Lipinski definition) is 6. The fraction of sp³-hybridized carbons (Fsp3) is 0.560. The van der Waals surface area contributed by atoms with Crippen LogP contribution in [0.15, 0.2) is 24.3 Å². The average molecular weight is 502 g/mol. The molecule has 0 aromatic heterocycles. The maximum atomic E-state index is 13.4. The summed E-state index contributed by atoms with van der Waals surface area (Å²) in [6.45, 7) is 5.38. The highest BCUT2D eigenvalue weighted by molar-refractivity contribution is 5.97. The molecule has 0 radical (unpaired) electrons. The van der Waals surface area contributed by atoms with E-state index in [1.165, 1.54) is 24.0 Å². The lowest BCUT2D eigenvalue weighted by molar-refractivity contribution is -0.139. The number of nitrogens with zero attached hydrogens (tertiary/aromatic N) is 1. The van der Waals surface area contributed by atoms with Gasteiger partial charge in [0.2, 0.25) is 29.5 Å². The number of hydrogen-bond donors (Lipinski definition) is 5. The second-order valence-electron chi connectivity index (χ2n) is 9.82. The maximum absolute atomic E-state index is 13.4. The number of carbonyl (C=O) groups excluding carboxylic acids is 5. The van der Waals surface area contributed by atoms with Crippen LogP contribution >= 0.6 is 0 Å². The molecule has 0 unspecified atom stereocenters. The van der Waals surface area contributed by atoms with E-state index in [1.807, 2.05) is 13.8 Å². The SMILES string of the molecule is CC(C)C[C@@H]1NC(=O)[C@H](Cc2ccc(O)cc2)NC(=O)[C@@H]2CCCN2C(=O)CNC(=O)[C@H](C)NC1=O. The summed E-state index contributed by atoms with van der Waals surface area (Å²) in [5, 5.41) is 20.2. The van der Waals surface area contributed by atoms with Gasteiger partial charge in [-0.2, -0.15) is 0 Å². The fourth-order valence-corrected chi connectivity index (χ4v) is 4.45. The van der Waals surface area contributed by atoms with Gasteiger partial charge in [0.1, 0.15) is 29.9 Å². The zero-order chi connectivity index (χ0) is 26.4. The summed E-state index contributed by atoms with van der Waals surface area (Å²) in [4.78, 5) is 66.3. The second-order valence-corrected chi connectivity index (χ2v) is 9.82. The van der Waals surface area contributed by atoms with Crippen LogP contribution in [0.1, 0.15) is 45.6 Å². The van der Waals surface area contributed by atoms with E-state index in [2.05, 4.69) is 21.3 Å². The monoisotopic (exact) mass is 501 g/mol. The molecule has 2 aliphatic heterocycles. The number of nitrogens with one attached hydrogen (secondary N) is 4. The smallest absolute Gasteiger partial charge is 0.243 e. The maximum Gasteiger partial charge on any atom is 0.243 e. The van der Waals surface area contributed by atoms with E-state index in [0.29, 0.717) is 31.4 Å². The Kier molecular flexibility index (Phi) is 8.89. The molecule has 0 saturated carbocycles. The zero-order valence-electron chi connectivity index (χ0n) is 20.9. The van der Waals surface area contributed by atoms with Crippen LogP contribution in [-0.2, 0) is 30.4 Å². The van der Waals surface area contributed by atoms with Crippen molar-refractivity contribution in [2.75, 3.05) is 13.1 Å². The molecule has 11 heteroatoms. The van der Waals surface area contributed by atoms with Crippen molar-refractivity contribution in [1.29, 1.82) is 0 Å². The first-order chi connectivity index (χ1) is 17.0. The van der Waals surface area contributed by atoms with E-state index in [-0.39, 0.29) is 24.6 Å². The Labute approximate surface area is 210 Å². The molecule has 1 aromatic carbocycles. The number of amides is 5. The van der Waals surface area contributed by atoms with Gasteiger partial charge in [0.05, 0.1) is 6.54 Å². The van der Waals surface area contributed by atoms with E-state index in [4.69, 9.17) is 0 Å². The van der Waals surface area contributed by atoms with Crippen LogP contribution in [0.25, 0.3) is 0 Å². The van der Waals surface area contributed by atoms with Gasteiger partial charge < -0.3 is 31.3 Å². The molecule has 4 atom stereocenters. The van der Waals surface area contributed by atoms with Crippen LogP contribution in [0.3, 0.4) is 0 Å². The third-order valence-corrected chi connectivity index (χ3v) is 6.39. The summed E-state index contributed by atoms with van der Waals surface area (Å²) in [6.07, 6.45) is 1.49. The quantitative estimate of drug-likeness (QED) is 0.377. The molecule has 1 aromatic rings. The van der Waals surface area contributed by atoms with Crippen LogP contribution in [0, 0.1) is 5.92 Å². The van der Waals surface area contributed by atoms with Gasteiger partial charge in [0.15, 0.2) is 0 Å². The topological polar surface area (TPSA) is 157 Å². The minimum atomic E-state index is -1.02. The summed E-state index contributed by atoms with van der Waals surface area (Å²) in [5.74, 6) is -2.38. The Balaban J connectivity index is 1.93. The van der Waals surface area contributed by atoms with Crippen molar-refractivity contribution in [3.8, 4) is 5.75 Å².